The Labute approximate surface area is 88.8 Å². The molecule has 0 unspecified atom stereocenters. The molecule has 0 amide bonds. The highest BCUT2D eigenvalue weighted by Crippen LogP contribution is 2.21. The number of hydrogen-bond donors (Lipinski definition) is 1. The summed E-state index contributed by atoms with van der Waals surface area (Å²) in [5.41, 5.74) is 0.717. The number of hydrogen-bond acceptors (Lipinski definition) is 1. The van der Waals surface area contributed by atoms with E-state index >= 15 is 0 Å². The van der Waals surface area contributed by atoms with Crippen LogP contribution in [0.3, 0.4) is 0 Å². The Balaban J connectivity index is 2.90. The van der Waals surface area contributed by atoms with Gasteiger partial charge in [0.2, 0.25) is 0 Å². The molecule has 15 heavy (non-hydrogen) atoms. The second-order valence-electron chi connectivity index (χ2n) is 3.38. The summed E-state index contributed by atoms with van der Waals surface area (Å²) in [6.07, 6.45) is 2.59. The lowest BCUT2D eigenvalue weighted by molar-refractivity contribution is 0.576. The zero-order chi connectivity index (χ0) is 11.3. The fourth-order valence-corrected chi connectivity index (χ4v) is 1.41. The van der Waals surface area contributed by atoms with E-state index in [4.69, 9.17) is 0 Å². The fourth-order valence-electron chi connectivity index (χ4n) is 1.41. The molecular weight excluding hydrogens is 196 g/mol. The van der Waals surface area contributed by atoms with Gasteiger partial charge in [0.15, 0.2) is 0 Å². The summed E-state index contributed by atoms with van der Waals surface area (Å²) in [4.78, 5) is 0. The normalized spacial score (nSPS) is 11.9. The van der Waals surface area contributed by atoms with Crippen LogP contribution in [-0.4, -0.2) is 13.6 Å². The van der Waals surface area contributed by atoms with Crippen molar-refractivity contribution in [3.05, 3.63) is 41.5 Å². The number of benzene rings is 1. The Bertz CT molecular complexity index is 338. The van der Waals surface area contributed by atoms with E-state index in [-0.39, 0.29) is 5.56 Å². The molecule has 0 aliphatic heterocycles. The second kappa shape index (κ2) is 5.61. The van der Waals surface area contributed by atoms with Crippen LogP contribution < -0.4 is 5.32 Å². The van der Waals surface area contributed by atoms with Crippen LogP contribution in [0.4, 0.5) is 8.78 Å². The topological polar surface area (TPSA) is 12.0 Å². The van der Waals surface area contributed by atoms with Crippen LogP contribution in [0.2, 0.25) is 0 Å². The van der Waals surface area contributed by atoms with Crippen molar-refractivity contribution in [2.45, 2.75) is 13.3 Å². The largest absolute Gasteiger partial charge is 0.319 e. The molecule has 0 atom stereocenters. The van der Waals surface area contributed by atoms with Crippen molar-refractivity contribution in [1.82, 2.24) is 5.32 Å². The number of rotatable bonds is 4. The van der Waals surface area contributed by atoms with E-state index in [2.05, 4.69) is 5.32 Å². The lowest BCUT2D eigenvalue weighted by atomic mass is 10.1. The van der Waals surface area contributed by atoms with Crippen molar-refractivity contribution in [3.8, 4) is 0 Å². The van der Waals surface area contributed by atoms with Crippen LogP contribution in [0, 0.1) is 11.6 Å². The Morgan fingerprint density at radius 3 is 2.47 bits per heavy atom. The quantitative estimate of drug-likeness (QED) is 0.755. The van der Waals surface area contributed by atoms with Crippen LogP contribution in [0.15, 0.2) is 24.3 Å². The minimum Gasteiger partial charge on any atom is -0.319 e. The summed E-state index contributed by atoms with van der Waals surface area (Å²) in [7, 11) is 1.84. The van der Waals surface area contributed by atoms with Crippen molar-refractivity contribution < 1.29 is 8.78 Å². The molecule has 0 aromatic heterocycles. The average Bonchev–Trinajstić information content (AvgIpc) is 2.18. The molecule has 0 radical (unpaired) electrons. The van der Waals surface area contributed by atoms with E-state index < -0.39 is 11.6 Å². The minimum atomic E-state index is -0.506. The first-order valence-electron chi connectivity index (χ1n) is 4.92. The van der Waals surface area contributed by atoms with Crippen LogP contribution in [0.25, 0.3) is 5.57 Å². The molecule has 0 aliphatic carbocycles. The van der Waals surface area contributed by atoms with Gasteiger partial charge in [-0.15, -0.1) is 0 Å². The minimum absolute atomic E-state index is 0.0774. The SMILES string of the molecule is CNCCC=C(C)c1c(F)cccc1F. The average molecular weight is 211 g/mol. The van der Waals surface area contributed by atoms with E-state index in [0.717, 1.165) is 13.0 Å². The highest BCUT2D eigenvalue weighted by Gasteiger charge is 2.08. The van der Waals surface area contributed by atoms with E-state index in [1.165, 1.54) is 18.2 Å². The van der Waals surface area contributed by atoms with Gasteiger partial charge in [0.1, 0.15) is 11.6 Å². The summed E-state index contributed by atoms with van der Waals surface area (Å²) in [6, 6.07) is 3.91. The molecule has 0 saturated carbocycles. The third-order valence-corrected chi connectivity index (χ3v) is 2.20. The van der Waals surface area contributed by atoms with Crippen molar-refractivity contribution in [1.29, 1.82) is 0 Å². The summed E-state index contributed by atoms with van der Waals surface area (Å²) in [5, 5.41) is 2.97. The van der Waals surface area contributed by atoms with Gasteiger partial charge in [-0.25, -0.2) is 8.78 Å². The maximum absolute atomic E-state index is 13.3. The maximum atomic E-state index is 13.3. The molecule has 0 aliphatic rings. The summed E-state index contributed by atoms with van der Waals surface area (Å²) in [6.45, 7) is 2.52. The lowest BCUT2D eigenvalue weighted by Crippen LogP contribution is -2.06. The molecule has 82 valence electrons. The van der Waals surface area contributed by atoms with Crippen LogP contribution >= 0.6 is 0 Å². The Kier molecular flexibility index (Phi) is 4.43. The summed E-state index contributed by atoms with van der Waals surface area (Å²) >= 11 is 0. The van der Waals surface area contributed by atoms with Crippen LogP contribution in [-0.2, 0) is 0 Å². The van der Waals surface area contributed by atoms with E-state index in [1.807, 2.05) is 13.1 Å². The standard InChI is InChI=1S/C12H15F2N/c1-9(5-4-8-15-2)12-10(13)6-3-7-11(12)14/h3,5-7,15H,4,8H2,1-2H3. The molecule has 1 rings (SSSR count). The van der Waals surface area contributed by atoms with Crippen LogP contribution in [0.5, 0.6) is 0 Å². The molecule has 1 aromatic carbocycles. The molecule has 0 spiro atoms. The maximum Gasteiger partial charge on any atom is 0.133 e. The van der Waals surface area contributed by atoms with Gasteiger partial charge in [0.05, 0.1) is 0 Å². The van der Waals surface area contributed by atoms with Crippen LogP contribution in [0.1, 0.15) is 18.9 Å². The van der Waals surface area contributed by atoms with Gasteiger partial charge in [0.25, 0.3) is 0 Å². The zero-order valence-corrected chi connectivity index (χ0v) is 8.98. The van der Waals surface area contributed by atoms with Gasteiger partial charge in [-0.05, 0) is 44.6 Å². The van der Waals surface area contributed by atoms with E-state index in [9.17, 15) is 8.78 Å². The lowest BCUT2D eigenvalue weighted by Gasteiger charge is -2.05. The van der Waals surface area contributed by atoms with Gasteiger partial charge in [0, 0.05) is 5.56 Å². The predicted octanol–water partition coefficient (Wildman–Crippen LogP) is 2.98. The van der Waals surface area contributed by atoms with Gasteiger partial charge < -0.3 is 5.32 Å². The molecule has 3 heteroatoms. The number of halogens is 2. The first-order chi connectivity index (χ1) is 7.16. The molecule has 0 heterocycles. The molecule has 1 N–H and O–H groups in total. The predicted molar refractivity (Wildman–Crippen MR) is 58.6 cm³/mol. The third kappa shape index (κ3) is 3.13. The molecule has 0 saturated heterocycles. The summed E-state index contributed by atoms with van der Waals surface area (Å²) < 4.78 is 26.6. The zero-order valence-electron chi connectivity index (χ0n) is 8.98. The van der Waals surface area contributed by atoms with Crippen molar-refractivity contribution in [2.24, 2.45) is 0 Å². The molecule has 1 nitrogen and oxygen atoms in total. The van der Waals surface area contributed by atoms with Crippen molar-refractivity contribution in [2.75, 3.05) is 13.6 Å². The highest BCUT2D eigenvalue weighted by atomic mass is 19.1. The first kappa shape index (κ1) is 11.9. The van der Waals surface area contributed by atoms with Crippen molar-refractivity contribution >= 4 is 5.57 Å². The Morgan fingerprint density at radius 2 is 1.93 bits per heavy atom. The highest BCUT2D eigenvalue weighted by molar-refractivity contribution is 5.64. The van der Waals surface area contributed by atoms with Gasteiger partial charge in [-0.3, -0.25) is 0 Å². The van der Waals surface area contributed by atoms with Gasteiger partial charge in [-0.2, -0.15) is 0 Å². The second-order valence-corrected chi connectivity index (χ2v) is 3.38. The molecule has 1 aromatic rings. The van der Waals surface area contributed by atoms with Gasteiger partial charge in [-0.1, -0.05) is 12.1 Å². The summed E-state index contributed by atoms with van der Waals surface area (Å²) in [5.74, 6) is -1.01. The Morgan fingerprint density at radius 1 is 1.33 bits per heavy atom. The van der Waals surface area contributed by atoms with E-state index in [0.29, 0.717) is 5.57 Å². The molecule has 0 bridgehead atoms. The molecular formula is C12H15F2N. The Hall–Kier alpha value is -1.22. The van der Waals surface area contributed by atoms with Gasteiger partial charge >= 0.3 is 0 Å². The van der Waals surface area contributed by atoms with E-state index in [1.54, 1.807) is 6.92 Å². The number of nitrogens with one attached hydrogen (secondary N) is 1. The fraction of sp³-hybridized carbons (Fsp3) is 0.333. The third-order valence-electron chi connectivity index (χ3n) is 2.20. The number of allylic oxidation sites excluding steroid dienone is 1. The molecule has 0 fully saturated rings. The monoisotopic (exact) mass is 211 g/mol. The smallest absolute Gasteiger partial charge is 0.133 e. The van der Waals surface area contributed by atoms with Crippen molar-refractivity contribution in [3.63, 3.8) is 0 Å². The first-order valence-corrected chi connectivity index (χ1v) is 4.92.